The number of hydrogen-bond acceptors (Lipinski definition) is 5. The second-order valence-corrected chi connectivity index (χ2v) is 6.13. The van der Waals surface area contributed by atoms with Crippen LogP contribution in [0.3, 0.4) is 0 Å². The second-order valence-electron chi connectivity index (χ2n) is 6.13. The van der Waals surface area contributed by atoms with Crippen LogP contribution in [0.25, 0.3) is 0 Å². The van der Waals surface area contributed by atoms with Crippen molar-refractivity contribution in [3.63, 3.8) is 0 Å². The normalized spacial score (nSPS) is 16.4. The average Bonchev–Trinajstić information content (AvgIpc) is 3.02. The van der Waals surface area contributed by atoms with Gasteiger partial charge in [0.2, 0.25) is 5.91 Å². The Labute approximate surface area is 151 Å². The Kier molecular flexibility index (Phi) is 5.38. The summed E-state index contributed by atoms with van der Waals surface area (Å²) in [6.07, 6.45) is -0.523. The fourth-order valence-corrected chi connectivity index (χ4v) is 2.74. The van der Waals surface area contributed by atoms with E-state index in [1.807, 2.05) is 24.3 Å². The molecule has 1 aliphatic heterocycles. The highest BCUT2D eigenvalue weighted by atomic mass is 16.6. The predicted molar refractivity (Wildman–Crippen MR) is 95.0 cm³/mol. The van der Waals surface area contributed by atoms with Gasteiger partial charge in [0.05, 0.1) is 6.54 Å². The summed E-state index contributed by atoms with van der Waals surface area (Å²) in [5.41, 5.74) is 8.35. The molecular formula is C19H21N3O4. The highest BCUT2D eigenvalue weighted by molar-refractivity contribution is 5.87. The fourth-order valence-electron chi connectivity index (χ4n) is 2.74. The highest BCUT2D eigenvalue weighted by Crippen LogP contribution is 2.18. The zero-order valence-corrected chi connectivity index (χ0v) is 14.2. The molecule has 2 aromatic carbocycles. The van der Waals surface area contributed by atoms with Crippen LogP contribution >= 0.6 is 0 Å². The number of nitrogens with zero attached hydrogens (tertiary/aromatic N) is 1. The van der Waals surface area contributed by atoms with Gasteiger partial charge in [-0.1, -0.05) is 36.4 Å². The Hall–Kier alpha value is -3.06. The number of benzene rings is 2. The molecule has 0 radical (unpaired) electrons. The van der Waals surface area contributed by atoms with Gasteiger partial charge in [-0.25, -0.2) is 4.79 Å². The fraction of sp³-hybridized carbons (Fsp3) is 0.263. The molecule has 0 bridgehead atoms. The van der Waals surface area contributed by atoms with Crippen molar-refractivity contribution in [1.29, 1.82) is 0 Å². The van der Waals surface area contributed by atoms with E-state index < -0.39 is 12.1 Å². The number of carbonyl (C=O) groups excluding carboxylic acids is 2. The second kappa shape index (κ2) is 7.88. The van der Waals surface area contributed by atoms with Gasteiger partial charge in [-0.05, 0) is 28.8 Å². The Morgan fingerprint density at radius 2 is 1.73 bits per heavy atom. The molecule has 1 atom stereocenters. The largest absolute Gasteiger partial charge is 0.508 e. The zero-order chi connectivity index (χ0) is 18.5. The van der Waals surface area contributed by atoms with Crippen LogP contribution in [0.2, 0.25) is 0 Å². The number of ether oxygens (including phenoxy) is 1. The molecule has 3 rings (SSSR count). The molecule has 2 amide bonds. The molecule has 136 valence electrons. The molecule has 0 aromatic heterocycles. The van der Waals surface area contributed by atoms with E-state index in [0.717, 1.165) is 16.7 Å². The third-order valence-electron chi connectivity index (χ3n) is 4.29. The van der Waals surface area contributed by atoms with E-state index in [1.165, 1.54) is 17.0 Å². The molecule has 0 aliphatic carbocycles. The molecule has 1 fully saturated rings. The standard InChI is InChI=1S/C19H21N3O4/c20-9-13-1-3-14(4-2-13)10-21-18(24)17-12-26-19(25)22(17)11-15-5-7-16(23)8-6-15/h1-8,17,23H,9-12,20H2,(H,21,24)/t17-/m0/s1. The van der Waals surface area contributed by atoms with E-state index in [0.29, 0.717) is 13.1 Å². The summed E-state index contributed by atoms with van der Waals surface area (Å²) in [4.78, 5) is 25.9. The van der Waals surface area contributed by atoms with E-state index in [-0.39, 0.29) is 24.8 Å². The minimum Gasteiger partial charge on any atom is -0.508 e. The van der Waals surface area contributed by atoms with Crippen molar-refractivity contribution in [3.05, 3.63) is 65.2 Å². The lowest BCUT2D eigenvalue weighted by atomic mass is 10.1. The summed E-state index contributed by atoms with van der Waals surface area (Å²) in [6, 6.07) is 13.5. The summed E-state index contributed by atoms with van der Waals surface area (Å²) in [6.45, 7) is 1.10. The number of nitrogens with two attached hydrogens (primary N) is 1. The number of cyclic esters (lactones) is 1. The van der Waals surface area contributed by atoms with Crippen molar-refractivity contribution >= 4 is 12.0 Å². The average molecular weight is 355 g/mol. The Morgan fingerprint density at radius 3 is 2.38 bits per heavy atom. The van der Waals surface area contributed by atoms with Crippen LogP contribution in [-0.2, 0) is 29.2 Å². The number of carbonyl (C=O) groups is 2. The number of nitrogens with one attached hydrogen (secondary N) is 1. The molecule has 0 unspecified atom stereocenters. The number of aromatic hydroxyl groups is 1. The summed E-state index contributed by atoms with van der Waals surface area (Å²) < 4.78 is 5.04. The van der Waals surface area contributed by atoms with Crippen LogP contribution in [0.1, 0.15) is 16.7 Å². The lowest BCUT2D eigenvalue weighted by Gasteiger charge is -2.21. The molecule has 0 saturated carbocycles. The van der Waals surface area contributed by atoms with Gasteiger partial charge < -0.3 is 20.9 Å². The molecule has 7 heteroatoms. The molecule has 1 aliphatic rings. The van der Waals surface area contributed by atoms with Gasteiger partial charge in [0.1, 0.15) is 18.4 Å². The van der Waals surface area contributed by atoms with Crippen molar-refractivity contribution in [3.8, 4) is 5.75 Å². The van der Waals surface area contributed by atoms with E-state index in [1.54, 1.807) is 12.1 Å². The highest BCUT2D eigenvalue weighted by Gasteiger charge is 2.37. The molecule has 7 nitrogen and oxygen atoms in total. The van der Waals surface area contributed by atoms with Gasteiger partial charge in [-0.2, -0.15) is 0 Å². The van der Waals surface area contributed by atoms with Gasteiger partial charge >= 0.3 is 6.09 Å². The van der Waals surface area contributed by atoms with Gasteiger partial charge in [-0.15, -0.1) is 0 Å². The van der Waals surface area contributed by atoms with E-state index >= 15 is 0 Å². The molecule has 4 N–H and O–H groups in total. The van der Waals surface area contributed by atoms with E-state index in [9.17, 15) is 14.7 Å². The number of amides is 2. The Bertz CT molecular complexity index is 774. The first-order chi connectivity index (χ1) is 12.6. The predicted octanol–water partition coefficient (Wildman–Crippen LogP) is 1.49. The summed E-state index contributed by atoms with van der Waals surface area (Å²) >= 11 is 0. The maximum Gasteiger partial charge on any atom is 0.410 e. The van der Waals surface area contributed by atoms with Crippen LogP contribution in [0.15, 0.2) is 48.5 Å². The van der Waals surface area contributed by atoms with Crippen LogP contribution in [0, 0.1) is 0 Å². The maximum atomic E-state index is 12.5. The number of rotatable bonds is 6. The van der Waals surface area contributed by atoms with Crippen LogP contribution in [-0.4, -0.2) is 34.7 Å². The number of phenols is 1. The molecule has 0 spiro atoms. The third kappa shape index (κ3) is 4.12. The quantitative estimate of drug-likeness (QED) is 0.728. The number of hydrogen-bond donors (Lipinski definition) is 3. The first kappa shape index (κ1) is 17.8. The van der Waals surface area contributed by atoms with Crippen molar-refractivity contribution in [2.24, 2.45) is 5.73 Å². The molecular weight excluding hydrogens is 334 g/mol. The van der Waals surface area contributed by atoms with Gasteiger partial charge in [0, 0.05) is 13.1 Å². The monoisotopic (exact) mass is 355 g/mol. The van der Waals surface area contributed by atoms with Crippen LogP contribution in [0.4, 0.5) is 4.79 Å². The van der Waals surface area contributed by atoms with E-state index in [2.05, 4.69) is 5.32 Å². The number of phenolic OH excluding ortho intramolecular Hbond substituents is 1. The zero-order valence-electron chi connectivity index (χ0n) is 14.2. The van der Waals surface area contributed by atoms with Crippen LogP contribution < -0.4 is 11.1 Å². The van der Waals surface area contributed by atoms with Gasteiger partial charge in [0.25, 0.3) is 0 Å². The third-order valence-corrected chi connectivity index (χ3v) is 4.29. The molecule has 2 aromatic rings. The van der Waals surface area contributed by atoms with Crippen LogP contribution in [0.5, 0.6) is 5.75 Å². The Balaban J connectivity index is 1.61. The first-order valence-corrected chi connectivity index (χ1v) is 8.33. The van der Waals surface area contributed by atoms with Crippen molar-refractivity contribution < 1.29 is 19.4 Å². The minimum absolute atomic E-state index is 0.0227. The lowest BCUT2D eigenvalue weighted by molar-refractivity contribution is -0.125. The molecule has 26 heavy (non-hydrogen) atoms. The summed E-state index contributed by atoms with van der Waals surface area (Å²) in [5, 5.41) is 12.2. The van der Waals surface area contributed by atoms with Crippen molar-refractivity contribution in [2.45, 2.75) is 25.7 Å². The summed E-state index contributed by atoms with van der Waals surface area (Å²) in [7, 11) is 0. The Morgan fingerprint density at radius 1 is 1.12 bits per heavy atom. The van der Waals surface area contributed by atoms with E-state index in [4.69, 9.17) is 10.5 Å². The van der Waals surface area contributed by atoms with Crippen molar-refractivity contribution in [2.75, 3.05) is 6.61 Å². The molecule has 1 saturated heterocycles. The lowest BCUT2D eigenvalue weighted by Crippen LogP contribution is -2.45. The minimum atomic E-state index is -0.681. The van der Waals surface area contributed by atoms with Gasteiger partial charge in [-0.3, -0.25) is 9.69 Å². The SMILES string of the molecule is NCc1ccc(CNC(=O)[C@@H]2COC(=O)N2Cc2ccc(O)cc2)cc1. The first-order valence-electron chi connectivity index (χ1n) is 8.33. The smallest absolute Gasteiger partial charge is 0.410 e. The maximum absolute atomic E-state index is 12.5. The van der Waals surface area contributed by atoms with Crippen molar-refractivity contribution in [1.82, 2.24) is 10.2 Å². The van der Waals surface area contributed by atoms with Gasteiger partial charge in [0.15, 0.2) is 0 Å². The topological polar surface area (TPSA) is 105 Å². The summed E-state index contributed by atoms with van der Waals surface area (Å²) in [5.74, 6) is -0.120. The molecule has 1 heterocycles.